The van der Waals surface area contributed by atoms with Gasteiger partial charge in [0.1, 0.15) is 0 Å². The molecule has 0 fully saturated rings. The number of hydrogen-bond donors (Lipinski definition) is 6. The Morgan fingerprint density at radius 3 is 2.30 bits per heavy atom. The summed E-state index contributed by atoms with van der Waals surface area (Å²) < 4.78 is 0. The van der Waals surface area contributed by atoms with E-state index in [1.165, 1.54) is 0 Å². The molecular weight excluding hydrogens is 403 g/mol. The second kappa shape index (κ2) is 15.0. The zero-order valence-corrected chi connectivity index (χ0v) is 16.2. The van der Waals surface area contributed by atoms with Crippen molar-refractivity contribution in [2.45, 2.75) is 37.8 Å². The van der Waals surface area contributed by atoms with Crippen LogP contribution in [0.3, 0.4) is 0 Å². The minimum Gasteiger partial charge on any atom is -0.481 e. The molecule has 0 aromatic carbocycles. The molecule has 0 aliphatic carbocycles. The molecule has 13 heteroatoms. The highest BCUT2D eigenvalue weighted by atomic mass is 35.5. The normalized spacial score (nSPS) is 12.1. The summed E-state index contributed by atoms with van der Waals surface area (Å²) in [5, 5.41) is 13.3. The van der Waals surface area contributed by atoms with Crippen molar-refractivity contribution in [2.75, 3.05) is 19.0 Å². The summed E-state index contributed by atoms with van der Waals surface area (Å²) in [5.74, 6) is -3.07. The SMILES string of the molecule is Cl.NC(N)=NCCC[C@H](NC(=O)CNC(=O)[C@@H](N)CCC(=O)O)C(=O)CCl. The number of amides is 2. The van der Waals surface area contributed by atoms with E-state index < -0.39 is 36.4 Å². The van der Waals surface area contributed by atoms with Gasteiger partial charge in [-0.2, -0.15) is 0 Å². The first-order valence-corrected chi connectivity index (χ1v) is 8.39. The van der Waals surface area contributed by atoms with Crippen LogP contribution in [0.2, 0.25) is 0 Å². The standard InChI is InChI=1S/C14H25ClN6O5.ClH/c15-6-10(22)9(2-1-5-19-14(17)18)21-11(23)7-20-13(26)8(16)3-4-12(24)25;/h8-9H,1-7,16H2,(H,20,26)(H,21,23)(H,24,25)(H4,17,18,19);1H/t8-,9-;/m0./s1. The Morgan fingerprint density at radius 2 is 1.78 bits per heavy atom. The number of aliphatic imine (C=N–C) groups is 1. The number of carboxylic acid groups (broad SMARTS) is 1. The van der Waals surface area contributed by atoms with Gasteiger partial charge in [-0.05, 0) is 19.3 Å². The van der Waals surface area contributed by atoms with Gasteiger partial charge in [0.2, 0.25) is 11.8 Å². The van der Waals surface area contributed by atoms with Gasteiger partial charge in [-0.15, -0.1) is 24.0 Å². The molecule has 2 amide bonds. The van der Waals surface area contributed by atoms with Crippen LogP contribution in [0.25, 0.3) is 0 Å². The number of nitrogens with zero attached hydrogens (tertiary/aromatic N) is 1. The Labute approximate surface area is 167 Å². The minimum atomic E-state index is -1.07. The second-order valence-electron chi connectivity index (χ2n) is 5.43. The zero-order valence-electron chi connectivity index (χ0n) is 14.7. The molecule has 0 radical (unpaired) electrons. The molecule has 0 unspecified atom stereocenters. The van der Waals surface area contributed by atoms with Gasteiger partial charge in [0.25, 0.3) is 0 Å². The monoisotopic (exact) mass is 428 g/mol. The van der Waals surface area contributed by atoms with E-state index in [4.69, 9.17) is 33.9 Å². The van der Waals surface area contributed by atoms with Crippen LogP contribution in [0.15, 0.2) is 4.99 Å². The van der Waals surface area contributed by atoms with Crippen molar-refractivity contribution in [1.82, 2.24) is 10.6 Å². The molecule has 0 aromatic heterocycles. The largest absolute Gasteiger partial charge is 0.481 e. The highest BCUT2D eigenvalue weighted by Gasteiger charge is 2.21. The van der Waals surface area contributed by atoms with E-state index in [1.54, 1.807) is 0 Å². The average Bonchev–Trinajstić information content (AvgIpc) is 2.58. The number of nitrogens with one attached hydrogen (secondary N) is 2. The van der Waals surface area contributed by atoms with Gasteiger partial charge in [-0.1, -0.05) is 0 Å². The van der Waals surface area contributed by atoms with Crippen LogP contribution in [0, 0.1) is 0 Å². The van der Waals surface area contributed by atoms with Crippen LogP contribution >= 0.6 is 24.0 Å². The third-order valence-corrected chi connectivity index (χ3v) is 3.49. The first kappa shape index (κ1) is 27.1. The third-order valence-electron chi connectivity index (χ3n) is 3.23. The number of Topliss-reactive ketones (excluding diaryl/α,β-unsaturated/α-hetero) is 1. The number of carbonyl (C=O) groups excluding carboxylic acids is 3. The van der Waals surface area contributed by atoms with E-state index >= 15 is 0 Å². The Bertz CT molecular complexity index is 542. The van der Waals surface area contributed by atoms with Crippen molar-refractivity contribution in [3.63, 3.8) is 0 Å². The van der Waals surface area contributed by atoms with Crippen molar-refractivity contribution in [3.8, 4) is 0 Å². The van der Waals surface area contributed by atoms with Crippen LogP contribution < -0.4 is 27.8 Å². The van der Waals surface area contributed by atoms with E-state index in [9.17, 15) is 19.2 Å². The maximum Gasteiger partial charge on any atom is 0.303 e. The number of hydrogen-bond acceptors (Lipinski definition) is 6. The van der Waals surface area contributed by atoms with E-state index in [0.717, 1.165) is 0 Å². The predicted molar refractivity (Wildman–Crippen MR) is 103 cm³/mol. The number of halogens is 2. The summed E-state index contributed by atoms with van der Waals surface area (Å²) in [5.41, 5.74) is 15.9. The van der Waals surface area contributed by atoms with Gasteiger partial charge in [0.05, 0.1) is 24.5 Å². The summed E-state index contributed by atoms with van der Waals surface area (Å²) in [7, 11) is 0. The Hall–Kier alpha value is -2.11. The number of nitrogens with two attached hydrogens (primary N) is 3. The molecule has 11 nitrogen and oxygen atoms in total. The molecule has 9 N–H and O–H groups in total. The van der Waals surface area contributed by atoms with Crippen LogP contribution in [-0.4, -0.2) is 65.7 Å². The number of carboxylic acids is 1. The number of carbonyl (C=O) groups is 4. The molecule has 0 heterocycles. The lowest BCUT2D eigenvalue weighted by Crippen LogP contribution is -2.48. The van der Waals surface area contributed by atoms with Crippen molar-refractivity contribution in [2.24, 2.45) is 22.2 Å². The van der Waals surface area contributed by atoms with Crippen LogP contribution in [0.4, 0.5) is 0 Å². The Morgan fingerprint density at radius 1 is 1.15 bits per heavy atom. The number of rotatable bonds is 13. The average molecular weight is 429 g/mol. The third kappa shape index (κ3) is 13.7. The fraction of sp³-hybridized carbons (Fsp3) is 0.643. The first-order chi connectivity index (χ1) is 12.2. The summed E-state index contributed by atoms with van der Waals surface area (Å²) >= 11 is 5.52. The minimum absolute atomic E-state index is 0. The molecule has 0 bridgehead atoms. The molecule has 156 valence electrons. The number of aliphatic carboxylic acids is 1. The maximum absolute atomic E-state index is 11.9. The van der Waals surface area contributed by atoms with Crippen molar-refractivity contribution >= 4 is 53.5 Å². The molecule has 0 aliphatic rings. The number of alkyl halides is 1. The fourth-order valence-electron chi connectivity index (χ4n) is 1.86. The maximum atomic E-state index is 11.9. The topological polar surface area (TPSA) is 203 Å². The quantitative estimate of drug-likeness (QED) is 0.0839. The van der Waals surface area contributed by atoms with Gasteiger partial charge >= 0.3 is 5.97 Å². The van der Waals surface area contributed by atoms with Gasteiger partial charge in [-0.25, -0.2) is 0 Å². The van der Waals surface area contributed by atoms with Gasteiger partial charge in [0.15, 0.2) is 11.7 Å². The van der Waals surface area contributed by atoms with E-state index in [-0.39, 0.29) is 49.3 Å². The Kier molecular flexibility index (Phi) is 15.1. The summed E-state index contributed by atoms with van der Waals surface area (Å²) in [6.07, 6.45) is 0.405. The van der Waals surface area contributed by atoms with Gasteiger partial charge in [-0.3, -0.25) is 24.2 Å². The second-order valence-corrected chi connectivity index (χ2v) is 5.69. The smallest absolute Gasteiger partial charge is 0.303 e. The van der Waals surface area contributed by atoms with E-state index in [1.807, 2.05) is 0 Å². The highest BCUT2D eigenvalue weighted by Crippen LogP contribution is 2.01. The molecule has 2 atom stereocenters. The van der Waals surface area contributed by atoms with Crippen molar-refractivity contribution in [1.29, 1.82) is 0 Å². The van der Waals surface area contributed by atoms with Crippen molar-refractivity contribution in [3.05, 3.63) is 0 Å². The first-order valence-electron chi connectivity index (χ1n) is 7.85. The lowest BCUT2D eigenvalue weighted by atomic mass is 10.1. The van der Waals surface area contributed by atoms with Gasteiger partial charge < -0.3 is 32.9 Å². The molecule has 0 spiro atoms. The zero-order chi connectivity index (χ0) is 20.1. The molecule has 0 saturated carbocycles. The molecule has 0 aliphatic heterocycles. The summed E-state index contributed by atoms with van der Waals surface area (Å²) in [4.78, 5) is 49.5. The van der Waals surface area contributed by atoms with Gasteiger partial charge in [0, 0.05) is 13.0 Å². The predicted octanol–water partition coefficient (Wildman–Crippen LogP) is -1.94. The van der Waals surface area contributed by atoms with Crippen LogP contribution in [-0.2, 0) is 19.2 Å². The molecule has 0 saturated heterocycles. The fourth-order valence-corrected chi connectivity index (χ4v) is 2.05. The Balaban J connectivity index is 0. The van der Waals surface area contributed by atoms with E-state index in [0.29, 0.717) is 13.0 Å². The molecular formula is C14H26Cl2N6O5. The molecule has 0 aromatic rings. The van der Waals surface area contributed by atoms with Crippen LogP contribution in [0.5, 0.6) is 0 Å². The molecule has 0 rings (SSSR count). The summed E-state index contributed by atoms with van der Waals surface area (Å²) in [6, 6.07) is -1.87. The number of guanidine groups is 1. The van der Waals surface area contributed by atoms with Crippen LogP contribution in [0.1, 0.15) is 25.7 Å². The number of ketones is 1. The van der Waals surface area contributed by atoms with Crippen molar-refractivity contribution < 1.29 is 24.3 Å². The lowest BCUT2D eigenvalue weighted by molar-refractivity contribution is -0.137. The van der Waals surface area contributed by atoms with E-state index in [2.05, 4.69) is 15.6 Å². The lowest BCUT2D eigenvalue weighted by Gasteiger charge is -2.17. The highest BCUT2D eigenvalue weighted by molar-refractivity contribution is 6.28. The molecule has 27 heavy (non-hydrogen) atoms. The summed E-state index contributed by atoms with van der Waals surface area (Å²) in [6.45, 7) is -0.112.